The van der Waals surface area contributed by atoms with E-state index in [2.05, 4.69) is 0 Å². The molecule has 3 heteroatoms. The lowest BCUT2D eigenvalue weighted by atomic mass is 9.86. The maximum Gasteiger partial charge on any atom is 0.306 e. The molecular formula is C13H20O2S. The fraction of sp³-hybridized carbons (Fsp3) is 0.923. The molecule has 0 aromatic carbocycles. The number of hydrogen-bond donors (Lipinski definition) is 0. The highest BCUT2D eigenvalue weighted by Crippen LogP contribution is 2.49. The summed E-state index contributed by atoms with van der Waals surface area (Å²) in [6.45, 7) is 0.673. The van der Waals surface area contributed by atoms with Gasteiger partial charge in [-0.3, -0.25) is 4.79 Å². The van der Waals surface area contributed by atoms with Crippen LogP contribution in [0.4, 0.5) is 0 Å². The van der Waals surface area contributed by atoms with Crippen LogP contribution in [-0.4, -0.2) is 24.1 Å². The Labute approximate surface area is 101 Å². The Balaban J connectivity index is 1.39. The molecule has 0 amide bonds. The van der Waals surface area contributed by atoms with Gasteiger partial charge in [0.05, 0.1) is 6.61 Å². The van der Waals surface area contributed by atoms with E-state index in [0.717, 1.165) is 11.8 Å². The minimum atomic E-state index is 0.0643. The van der Waals surface area contributed by atoms with Crippen molar-refractivity contribution < 1.29 is 9.53 Å². The van der Waals surface area contributed by atoms with Crippen LogP contribution in [0.5, 0.6) is 0 Å². The summed E-state index contributed by atoms with van der Waals surface area (Å²) in [6.07, 6.45) is 6.15. The summed E-state index contributed by atoms with van der Waals surface area (Å²) in [5.74, 6) is 5.51. The normalized spacial score (nSPS) is 37.4. The molecule has 3 fully saturated rings. The Hall–Kier alpha value is -0.180. The molecule has 1 aliphatic heterocycles. The average molecular weight is 240 g/mol. The standard InChI is InChI=1S/C13H20O2S/c14-13(15-6-10-7-16-8-10)5-12-4-9-1-2-11(12)3-9/h9-12H,1-8H2. The quantitative estimate of drug-likeness (QED) is 0.707. The number of carbonyl (C=O) groups is 1. The van der Waals surface area contributed by atoms with Crippen LogP contribution in [-0.2, 0) is 9.53 Å². The first-order chi connectivity index (χ1) is 7.81. The molecule has 2 saturated carbocycles. The van der Waals surface area contributed by atoms with E-state index in [9.17, 15) is 4.79 Å². The molecule has 3 rings (SSSR count). The van der Waals surface area contributed by atoms with E-state index in [-0.39, 0.29) is 5.97 Å². The van der Waals surface area contributed by atoms with E-state index in [1.807, 2.05) is 11.8 Å². The third-order valence-corrected chi connectivity index (χ3v) is 5.91. The second-order valence-electron chi connectivity index (χ2n) is 5.73. The molecule has 0 aromatic rings. The van der Waals surface area contributed by atoms with Crippen LogP contribution in [0.3, 0.4) is 0 Å². The number of rotatable bonds is 4. The molecule has 16 heavy (non-hydrogen) atoms. The highest BCUT2D eigenvalue weighted by molar-refractivity contribution is 8.00. The van der Waals surface area contributed by atoms with Gasteiger partial charge in [-0.15, -0.1) is 0 Å². The molecule has 0 aromatic heterocycles. The van der Waals surface area contributed by atoms with Gasteiger partial charge in [-0.25, -0.2) is 0 Å². The molecule has 2 nitrogen and oxygen atoms in total. The second kappa shape index (κ2) is 4.59. The molecule has 1 heterocycles. The number of fused-ring (bicyclic) bond motifs is 2. The molecule has 3 aliphatic rings. The fourth-order valence-corrected chi connectivity index (χ4v) is 4.25. The van der Waals surface area contributed by atoms with E-state index >= 15 is 0 Å². The molecule has 0 radical (unpaired) electrons. The lowest BCUT2D eigenvalue weighted by Crippen LogP contribution is -2.26. The summed E-state index contributed by atoms with van der Waals surface area (Å²) >= 11 is 1.95. The Morgan fingerprint density at radius 1 is 1.25 bits per heavy atom. The minimum Gasteiger partial charge on any atom is -0.465 e. The molecule has 0 spiro atoms. The Bertz CT molecular complexity index is 275. The summed E-state index contributed by atoms with van der Waals surface area (Å²) < 4.78 is 5.36. The maximum atomic E-state index is 11.7. The zero-order valence-electron chi connectivity index (χ0n) is 9.69. The van der Waals surface area contributed by atoms with Crippen LogP contribution in [0, 0.1) is 23.7 Å². The highest BCUT2D eigenvalue weighted by atomic mass is 32.2. The predicted molar refractivity (Wildman–Crippen MR) is 65.3 cm³/mol. The van der Waals surface area contributed by atoms with E-state index in [4.69, 9.17) is 4.74 Å². The molecule has 1 saturated heterocycles. The molecular weight excluding hydrogens is 220 g/mol. The van der Waals surface area contributed by atoms with Crippen molar-refractivity contribution in [3.8, 4) is 0 Å². The maximum absolute atomic E-state index is 11.7. The van der Waals surface area contributed by atoms with Crippen molar-refractivity contribution in [1.29, 1.82) is 0 Å². The van der Waals surface area contributed by atoms with Gasteiger partial charge in [0.25, 0.3) is 0 Å². The topological polar surface area (TPSA) is 26.3 Å². The van der Waals surface area contributed by atoms with Gasteiger partial charge in [-0.05, 0) is 37.0 Å². The lowest BCUT2D eigenvalue weighted by Gasteiger charge is -2.25. The van der Waals surface area contributed by atoms with Crippen LogP contribution in [0.2, 0.25) is 0 Å². The predicted octanol–water partition coefficient (Wildman–Crippen LogP) is 2.72. The molecule has 2 aliphatic carbocycles. The van der Waals surface area contributed by atoms with Gasteiger partial charge in [-0.2, -0.15) is 11.8 Å². The van der Waals surface area contributed by atoms with Crippen molar-refractivity contribution in [1.82, 2.24) is 0 Å². The van der Waals surface area contributed by atoms with Gasteiger partial charge >= 0.3 is 5.97 Å². The van der Waals surface area contributed by atoms with E-state index < -0.39 is 0 Å². The Morgan fingerprint density at radius 3 is 2.69 bits per heavy atom. The molecule has 2 bridgehead atoms. The summed E-state index contributed by atoms with van der Waals surface area (Å²) in [4.78, 5) is 11.7. The molecule has 0 N–H and O–H groups in total. The monoisotopic (exact) mass is 240 g/mol. The SMILES string of the molecule is O=C(CC1CC2CCC1C2)OCC1CSC1. The molecule has 3 unspecified atom stereocenters. The van der Waals surface area contributed by atoms with Crippen molar-refractivity contribution in [3.05, 3.63) is 0 Å². The van der Waals surface area contributed by atoms with Crippen molar-refractivity contribution in [2.75, 3.05) is 18.1 Å². The summed E-state index contributed by atoms with van der Waals surface area (Å²) in [5, 5.41) is 0. The lowest BCUT2D eigenvalue weighted by molar-refractivity contribution is -0.146. The average Bonchev–Trinajstić information content (AvgIpc) is 2.76. The summed E-state index contributed by atoms with van der Waals surface area (Å²) in [5.41, 5.74) is 0. The van der Waals surface area contributed by atoms with Crippen LogP contribution in [0.1, 0.15) is 32.1 Å². The van der Waals surface area contributed by atoms with Gasteiger partial charge in [0.1, 0.15) is 0 Å². The van der Waals surface area contributed by atoms with Gasteiger partial charge < -0.3 is 4.74 Å². The van der Waals surface area contributed by atoms with Gasteiger partial charge in [0.2, 0.25) is 0 Å². The van der Waals surface area contributed by atoms with Crippen LogP contribution in [0.25, 0.3) is 0 Å². The van der Waals surface area contributed by atoms with Crippen molar-refractivity contribution in [2.24, 2.45) is 23.7 Å². The van der Waals surface area contributed by atoms with Gasteiger partial charge in [0.15, 0.2) is 0 Å². The second-order valence-corrected chi connectivity index (χ2v) is 6.80. The molecule has 90 valence electrons. The number of esters is 1. The molecule has 3 atom stereocenters. The van der Waals surface area contributed by atoms with Crippen LogP contribution < -0.4 is 0 Å². The smallest absolute Gasteiger partial charge is 0.306 e. The minimum absolute atomic E-state index is 0.0643. The van der Waals surface area contributed by atoms with Gasteiger partial charge in [-0.1, -0.05) is 6.42 Å². The van der Waals surface area contributed by atoms with Crippen molar-refractivity contribution >= 4 is 17.7 Å². The van der Waals surface area contributed by atoms with Crippen LogP contribution >= 0.6 is 11.8 Å². The number of hydrogen-bond acceptors (Lipinski definition) is 3. The summed E-state index contributed by atoms with van der Waals surface area (Å²) in [6, 6.07) is 0. The third kappa shape index (κ3) is 2.24. The Morgan fingerprint density at radius 2 is 2.12 bits per heavy atom. The first-order valence-corrected chi connectivity index (χ1v) is 7.70. The Kier molecular flexibility index (Phi) is 3.14. The number of ether oxygens (including phenoxy) is 1. The van der Waals surface area contributed by atoms with Gasteiger partial charge in [0, 0.05) is 23.8 Å². The zero-order chi connectivity index (χ0) is 11.0. The summed E-state index contributed by atoms with van der Waals surface area (Å²) in [7, 11) is 0. The first kappa shape index (κ1) is 10.9. The van der Waals surface area contributed by atoms with Crippen LogP contribution in [0.15, 0.2) is 0 Å². The fourth-order valence-electron chi connectivity index (χ4n) is 3.49. The van der Waals surface area contributed by atoms with E-state index in [0.29, 0.717) is 24.9 Å². The largest absolute Gasteiger partial charge is 0.465 e. The van der Waals surface area contributed by atoms with Crippen molar-refractivity contribution in [2.45, 2.75) is 32.1 Å². The van der Waals surface area contributed by atoms with E-state index in [1.54, 1.807) is 0 Å². The van der Waals surface area contributed by atoms with Crippen molar-refractivity contribution in [3.63, 3.8) is 0 Å². The zero-order valence-corrected chi connectivity index (χ0v) is 10.5. The highest BCUT2D eigenvalue weighted by Gasteiger charge is 2.40. The number of carbonyl (C=O) groups excluding carboxylic acids is 1. The first-order valence-electron chi connectivity index (χ1n) is 6.54. The van der Waals surface area contributed by atoms with E-state index in [1.165, 1.54) is 37.2 Å². The third-order valence-electron chi connectivity index (χ3n) is 4.50. The number of thioether (sulfide) groups is 1.